The maximum atomic E-state index is 14.5. The Kier molecular flexibility index (Phi) is 49.8. The van der Waals surface area contributed by atoms with Gasteiger partial charge in [-0.2, -0.15) is 0 Å². The Morgan fingerprint density at radius 1 is 0.758 bits per heavy atom. The van der Waals surface area contributed by atoms with E-state index in [-0.39, 0.29) is 70.7 Å². The van der Waals surface area contributed by atoms with Crippen LogP contribution >= 0.6 is 11.8 Å². The van der Waals surface area contributed by atoms with Crippen molar-refractivity contribution in [3.63, 3.8) is 0 Å². The van der Waals surface area contributed by atoms with Crippen molar-refractivity contribution in [1.29, 1.82) is 0 Å². The van der Waals surface area contributed by atoms with Gasteiger partial charge in [0.25, 0.3) is 0 Å². The third-order valence-corrected chi connectivity index (χ3v) is 21.7. The summed E-state index contributed by atoms with van der Waals surface area (Å²) in [5.41, 5.74) is 9.78. The summed E-state index contributed by atoms with van der Waals surface area (Å²) in [7, 11) is 5.20. The molecule has 95 heavy (non-hydrogen) atoms. The van der Waals surface area contributed by atoms with Crippen LogP contribution in [0.1, 0.15) is 118 Å². The number of likely N-dealkylation sites (N-methyl/N-ethyl adjacent to an activating group) is 2. The molecule has 0 unspecified atom stereocenters. The van der Waals surface area contributed by atoms with Gasteiger partial charge in [-0.25, -0.2) is 9.97 Å². The number of methoxy groups -OCH3 is 2. The van der Waals surface area contributed by atoms with Gasteiger partial charge < -0.3 is 79.3 Å². The maximum absolute atomic E-state index is 14.5. The fraction of sp³-hybridized carbons (Fsp3) is 0.773. The topological polar surface area (TPSA) is 351 Å². The average Bonchev–Trinajstić information content (AvgIpc) is 1.80. The molecular weight excluding hydrogens is 1280 g/mol. The molecule has 0 spiro atoms. The first-order valence-electron chi connectivity index (χ1n) is 33.6. The molecule has 7 N–H and O–H groups in total. The highest BCUT2D eigenvalue weighted by molar-refractivity contribution is 8.00. The second kappa shape index (κ2) is 52.4. The molecule has 10 atom stereocenters. The summed E-state index contributed by atoms with van der Waals surface area (Å²) in [5, 5.41) is 22.2. The molecule has 5 amide bonds. The van der Waals surface area contributed by atoms with Crippen molar-refractivity contribution < 1.29 is 77.9 Å². The lowest BCUT2D eigenvalue weighted by atomic mass is 9.89. The molecule has 1 aromatic heterocycles. The fourth-order valence-corrected chi connectivity index (χ4v) is 14.2. The van der Waals surface area contributed by atoms with Crippen LogP contribution in [0.15, 0.2) is 53.0 Å². The van der Waals surface area contributed by atoms with Gasteiger partial charge in [0.05, 0.1) is 128 Å². The summed E-state index contributed by atoms with van der Waals surface area (Å²) in [6.45, 7) is 31.2. The minimum Gasteiger partial charge on any atom is -0.412 e. The highest BCUT2D eigenvalue weighted by Crippen LogP contribution is 2.30. The molecule has 3 rings (SSSR count). The summed E-state index contributed by atoms with van der Waals surface area (Å²) < 4.78 is 44.5. The van der Waals surface area contributed by atoms with Crippen molar-refractivity contribution in [2.24, 2.45) is 28.8 Å². The van der Waals surface area contributed by atoms with Gasteiger partial charge in [0.15, 0.2) is 5.16 Å². The van der Waals surface area contributed by atoms with E-state index < -0.39 is 66.0 Å². The molecule has 0 bridgehead atoms. The molecule has 1 aliphatic rings. The average molecular weight is 1400 g/mol. The zero-order chi connectivity index (χ0) is 69.3. The number of ether oxygens (including phenoxy) is 8. The predicted octanol–water partition coefficient (Wildman–Crippen LogP) is 6.28. The molecule has 0 aliphatic carbocycles. The number of nitrogens with zero attached hydrogens (tertiary/aromatic N) is 8. The monoisotopic (exact) mass is 1400 g/mol. The lowest BCUT2D eigenvalue weighted by Crippen LogP contribution is -2.60. The van der Waals surface area contributed by atoms with E-state index in [9.17, 15) is 29.1 Å². The Balaban J connectivity index is 0.00000214. The van der Waals surface area contributed by atoms with E-state index in [4.69, 9.17) is 43.4 Å². The van der Waals surface area contributed by atoms with E-state index in [0.29, 0.717) is 117 Å². The summed E-state index contributed by atoms with van der Waals surface area (Å²) >= 11 is 1.73. The number of hydrogen-bond donors (Lipinski definition) is 3. The molecule has 1 fully saturated rings. The third-order valence-electron chi connectivity index (χ3n) is 16.4. The van der Waals surface area contributed by atoms with Crippen molar-refractivity contribution in [3.05, 3.63) is 64.3 Å². The Hall–Kier alpha value is -4.70. The molecule has 1 aliphatic heterocycles. The van der Waals surface area contributed by atoms with Gasteiger partial charge in [0, 0.05) is 88.3 Å². The molecule has 0 saturated carbocycles. The van der Waals surface area contributed by atoms with Gasteiger partial charge in [-0.1, -0.05) is 141 Å². The quantitative estimate of drug-likeness (QED) is 0.0125. The number of aliphatic hydroxyl groups excluding tert-OH is 1. The minimum absolute atomic E-state index is 0. The standard InChI is InChI=1S/C46H81N5O8Si.C20H37N5O6SSi.2H2O/c1-15-31(6)41(50(10)46(57)39(29(2)3)48-45(56)40(30(4)5)49(9)37(52)25-19-20-27-60(13)14)36(58-11)28-38(53)51-26-21-24-35(51)43(59-12)32(7)44(55)47-33(8)42(54)34-22-17-16-18-23-34;1-33(2)18-32-20-22-15-19(16-23-20)17-31-14-13-30-12-11-29-10-9-28-8-7-27-6-5-26-4-3-24-25-21;;/h16-18,22-23,29-33,35-36,39-43,54,60H,15,19-21,24-28H2,1-14H3,(H,47,55)(H,48,56);15-16,33H,3-14,17-18H2,1-2H3;2*1H2/t31-,32+,33+,35-,36+,39-,40-,41-,42+,43+;;;/m1.../s1. The van der Waals surface area contributed by atoms with Gasteiger partial charge in [0.2, 0.25) is 29.5 Å². The molecule has 546 valence electrons. The van der Waals surface area contributed by atoms with Crippen LogP contribution in [0.25, 0.3) is 10.4 Å². The van der Waals surface area contributed by atoms with Crippen LogP contribution in [-0.4, -0.2) is 250 Å². The van der Waals surface area contributed by atoms with Crippen LogP contribution < -0.4 is 10.6 Å². The lowest BCUT2D eigenvalue weighted by Gasteiger charge is -2.41. The molecule has 29 heteroatoms. The maximum Gasteiger partial charge on any atom is 0.245 e. The molecule has 2 heterocycles. The van der Waals surface area contributed by atoms with E-state index >= 15 is 0 Å². The first-order chi connectivity index (χ1) is 44.4. The van der Waals surface area contributed by atoms with Crippen molar-refractivity contribution in [3.8, 4) is 0 Å². The zero-order valence-corrected chi connectivity index (χ0v) is 63.3. The number of thioether (sulfide) groups is 1. The van der Waals surface area contributed by atoms with Crippen molar-refractivity contribution in [2.75, 3.05) is 119 Å². The van der Waals surface area contributed by atoms with Gasteiger partial charge in [-0.15, -0.1) is 0 Å². The number of nitrogens with one attached hydrogen (secondary N) is 2. The van der Waals surface area contributed by atoms with Crippen LogP contribution in [0.5, 0.6) is 0 Å². The lowest BCUT2D eigenvalue weighted by molar-refractivity contribution is -0.148. The first kappa shape index (κ1) is 90.3. The van der Waals surface area contributed by atoms with E-state index in [1.165, 1.54) is 10.9 Å². The minimum atomic E-state index is -0.890. The number of rotatable bonds is 48. The number of hydrogen-bond acceptors (Lipinski definition) is 18. The van der Waals surface area contributed by atoms with E-state index in [0.717, 1.165) is 35.4 Å². The number of azide groups is 1. The summed E-state index contributed by atoms with van der Waals surface area (Å²) in [4.78, 5) is 85.9. The Labute approximate surface area is 574 Å². The predicted molar refractivity (Wildman–Crippen MR) is 377 cm³/mol. The Bertz CT molecular complexity index is 2430. The Morgan fingerprint density at radius 3 is 1.81 bits per heavy atom. The normalized spacial score (nSPS) is 15.8. The number of carbonyl (C=O) groups excluding carboxylic acids is 5. The second-order valence-electron chi connectivity index (χ2n) is 25.5. The molecular formula is C66H122N10O16SSi2. The summed E-state index contributed by atoms with van der Waals surface area (Å²) in [6, 6.07) is 7.31. The second-order valence-corrected chi connectivity index (χ2v) is 33.6. The first-order valence-corrected chi connectivity index (χ1v) is 40.8. The number of likely N-dealkylation sites (tertiary alicyclic amines) is 1. The number of carbonyl (C=O) groups is 5. The van der Waals surface area contributed by atoms with Gasteiger partial charge in [-0.05, 0) is 60.4 Å². The fourth-order valence-electron chi connectivity index (χ4n) is 10.9. The molecule has 1 saturated heterocycles. The van der Waals surface area contributed by atoms with E-state index in [2.05, 4.69) is 56.8 Å². The van der Waals surface area contributed by atoms with Crippen LogP contribution in [0.3, 0.4) is 0 Å². The smallest absolute Gasteiger partial charge is 0.245 e. The largest absolute Gasteiger partial charge is 0.412 e. The molecule has 2 aromatic rings. The number of unbranched alkanes of at least 4 members (excludes halogenated alkanes) is 1. The highest BCUT2D eigenvalue weighted by Gasteiger charge is 2.44. The van der Waals surface area contributed by atoms with Gasteiger partial charge in [0.1, 0.15) is 12.1 Å². The van der Waals surface area contributed by atoms with Crippen LogP contribution in [0, 0.1) is 23.7 Å². The number of aliphatic hydroxyl groups is 1. The number of benzene rings is 1. The van der Waals surface area contributed by atoms with Gasteiger partial charge >= 0.3 is 0 Å². The van der Waals surface area contributed by atoms with Crippen LogP contribution in [-0.2, 0) is 68.5 Å². The van der Waals surface area contributed by atoms with E-state index in [1.807, 2.05) is 84.3 Å². The summed E-state index contributed by atoms with van der Waals surface area (Å²) in [6.07, 6.45) is 5.78. The highest BCUT2D eigenvalue weighted by atomic mass is 32.2. The van der Waals surface area contributed by atoms with Crippen LogP contribution in [0.2, 0.25) is 32.2 Å². The molecule has 26 nitrogen and oxygen atoms in total. The summed E-state index contributed by atoms with van der Waals surface area (Å²) in [5.74, 6) is -2.31. The van der Waals surface area contributed by atoms with E-state index in [1.54, 1.807) is 63.7 Å². The Morgan fingerprint density at radius 2 is 1.32 bits per heavy atom. The molecule has 1 aromatic carbocycles. The molecule has 0 radical (unpaired) electrons. The zero-order valence-electron chi connectivity index (χ0n) is 60.1. The van der Waals surface area contributed by atoms with Crippen molar-refractivity contribution in [2.45, 2.75) is 193 Å². The number of aromatic nitrogens is 2. The van der Waals surface area contributed by atoms with Crippen molar-refractivity contribution >= 4 is 58.9 Å². The third kappa shape index (κ3) is 35.1. The van der Waals surface area contributed by atoms with Crippen molar-refractivity contribution in [1.82, 2.24) is 35.3 Å². The van der Waals surface area contributed by atoms with Crippen LogP contribution in [0.4, 0.5) is 0 Å². The number of amides is 5. The SMILES string of the molecule is CC[C@@H](C)[C@H]([C@H](CC(=O)N1CCC[C@@H]1[C@@H](OC)[C@H](C)C(=O)N[C@@H](C)[C@H](O)c1ccccc1)OC)N(C)C(=O)[C@H](NC(=O)[C@@H](C(C)C)N(C)C(=O)CCCC[SiH](C)C)C(C)C.C[SiH](C)CSc1ncc(COCCOCCOCCOCCOCCOCCN=[N+]=[N-])cn1.O.O. The van der Waals surface area contributed by atoms with Gasteiger partial charge in [-0.3, -0.25) is 24.0 Å².